The van der Waals surface area contributed by atoms with Crippen molar-refractivity contribution in [2.45, 2.75) is 0 Å². The number of rotatable bonds is 7. The molecule has 0 aliphatic heterocycles. The topological polar surface area (TPSA) is 124 Å². The molecule has 0 fully saturated rings. The highest BCUT2D eigenvalue weighted by molar-refractivity contribution is 6.09. The Balaban J connectivity index is 2.31. The van der Waals surface area contributed by atoms with Crippen LogP contribution in [0.4, 0.5) is 11.4 Å². The number of methoxy groups -OCH3 is 3. The SMILES string of the molecule is COc1cc(/C=C(/C#N)C(=O)Nc2ccc([N+](=O)[O-])cc2)cc(OC)c1OC. The average molecular weight is 383 g/mol. The maximum atomic E-state index is 12.4. The molecule has 0 aliphatic carbocycles. The van der Waals surface area contributed by atoms with Crippen LogP contribution >= 0.6 is 0 Å². The molecule has 28 heavy (non-hydrogen) atoms. The number of carbonyl (C=O) groups excluding carboxylic acids is 1. The number of anilines is 1. The lowest BCUT2D eigenvalue weighted by atomic mass is 10.1. The summed E-state index contributed by atoms with van der Waals surface area (Å²) in [6.45, 7) is 0. The van der Waals surface area contributed by atoms with Gasteiger partial charge in [-0.2, -0.15) is 5.26 Å². The van der Waals surface area contributed by atoms with Crippen LogP contribution in [0, 0.1) is 21.4 Å². The van der Waals surface area contributed by atoms with Crippen LogP contribution < -0.4 is 19.5 Å². The largest absolute Gasteiger partial charge is 0.493 e. The molecular weight excluding hydrogens is 366 g/mol. The van der Waals surface area contributed by atoms with Crippen molar-refractivity contribution in [3.8, 4) is 23.3 Å². The third-order valence-electron chi connectivity index (χ3n) is 3.70. The molecule has 0 unspecified atom stereocenters. The van der Waals surface area contributed by atoms with Crippen molar-refractivity contribution >= 4 is 23.4 Å². The van der Waals surface area contributed by atoms with Gasteiger partial charge in [-0.1, -0.05) is 0 Å². The molecule has 0 atom stereocenters. The first kappa shape index (κ1) is 20.3. The number of non-ortho nitro benzene ring substituents is 1. The van der Waals surface area contributed by atoms with E-state index in [4.69, 9.17) is 14.2 Å². The Labute approximate surface area is 160 Å². The zero-order valence-electron chi connectivity index (χ0n) is 15.4. The van der Waals surface area contributed by atoms with Crippen LogP contribution in [0.2, 0.25) is 0 Å². The van der Waals surface area contributed by atoms with Gasteiger partial charge in [0.25, 0.3) is 11.6 Å². The van der Waals surface area contributed by atoms with Gasteiger partial charge in [0.1, 0.15) is 11.6 Å². The van der Waals surface area contributed by atoms with Gasteiger partial charge in [0.05, 0.1) is 26.3 Å². The predicted molar refractivity (Wildman–Crippen MR) is 101 cm³/mol. The molecule has 9 heteroatoms. The molecule has 9 nitrogen and oxygen atoms in total. The van der Waals surface area contributed by atoms with E-state index in [1.54, 1.807) is 12.1 Å². The van der Waals surface area contributed by atoms with Gasteiger partial charge in [-0.25, -0.2) is 0 Å². The fourth-order valence-electron chi connectivity index (χ4n) is 2.36. The predicted octanol–water partition coefficient (Wildman–Crippen LogP) is 3.17. The van der Waals surface area contributed by atoms with Gasteiger partial charge in [0.2, 0.25) is 5.75 Å². The van der Waals surface area contributed by atoms with Crippen molar-refractivity contribution in [1.29, 1.82) is 5.26 Å². The van der Waals surface area contributed by atoms with E-state index in [0.29, 0.717) is 28.5 Å². The number of benzene rings is 2. The maximum absolute atomic E-state index is 12.4. The first-order valence-electron chi connectivity index (χ1n) is 7.91. The fourth-order valence-corrected chi connectivity index (χ4v) is 2.36. The molecule has 2 aromatic carbocycles. The summed E-state index contributed by atoms with van der Waals surface area (Å²) in [4.78, 5) is 22.5. The highest BCUT2D eigenvalue weighted by atomic mass is 16.6. The lowest BCUT2D eigenvalue weighted by molar-refractivity contribution is -0.384. The second kappa shape index (κ2) is 9.05. The van der Waals surface area contributed by atoms with E-state index in [9.17, 15) is 20.2 Å². The van der Waals surface area contributed by atoms with Gasteiger partial charge in [0.15, 0.2) is 11.5 Å². The van der Waals surface area contributed by atoms with Crippen LogP contribution in [0.15, 0.2) is 42.0 Å². The maximum Gasteiger partial charge on any atom is 0.269 e. The van der Waals surface area contributed by atoms with Crippen molar-refractivity contribution in [2.75, 3.05) is 26.6 Å². The summed E-state index contributed by atoms with van der Waals surface area (Å²) < 4.78 is 15.7. The molecule has 0 saturated carbocycles. The van der Waals surface area contributed by atoms with E-state index in [1.807, 2.05) is 6.07 Å². The lowest BCUT2D eigenvalue weighted by Gasteiger charge is -2.13. The summed E-state index contributed by atoms with van der Waals surface area (Å²) in [5.41, 5.74) is 0.533. The molecule has 0 aromatic heterocycles. The Hall–Kier alpha value is -4.06. The Morgan fingerprint density at radius 1 is 1.11 bits per heavy atom. The van der Waals surface area contributed by atoms with Gasteiger partial charge in [-0.05, 0) is 35.9 Å². The number of nitrogens with zero attached hydrogens (tertiary/aromatic N) is 2. The summed E-state index contributed by atoms with van der Waals surface area (Å²) >= 11 is 0. The number of carbonyl (C=O) groups is 1. The quantitative estimate of drug-likeness (QED) is 0.337. The Bertz CT molecular complexity index is 936. The number of hydrogen-bond acceptors (Lipinski definition) is 7. The number of nitriles is 1. The number of amides is 1. The highest BCUT2D eigenvalue weighted by Crippen LogP contribution is 2.38. The van der Waals surface area contributed by atoms with Gasteiger partial charge < -0.3 is 19.5 Å². The van der Waals surface area contributed by atoms with Crippen molar-refractivity contribution in [3.63, 3.8) is 0 Å². The van der Waals surface area contributed by atoms with Crippen LogP contribution in [0.3, 0.4) is 0 Å². The third-order valence-corrected chi connectivity index (χ3v) is 3.70. The second-order valence-electron chi connectivity index (χ2n) is 5.39. The zero-order chi connectivity index (χ0) is 20.7. The van der Waals surface area contributed by atoms with Gasteiger partial charge in [-0.3, -0.25) is 14.9 Å². The molecule has 0 spiro atoms. The second-order valence-corrected chi connectivity index (χ2v) is 5.39. The summed E-state index contributed by atoms with van der Waals surface area (Å²) in [6.07, 6.45) is 1.37. The Morgan fingerprint density at radius 2 is 1.68 bits per heavy atom. The van der Waals surface area contributed by atoms with Crippen molar-refractivity contribution in [2.24, 2.45) is 0 Å². The normalized spacial score (nSPS) is 10.6. The number of nitro benzene ring substituents is 1. The molecular formula is C19H17N3O6. The third kappa shape index (κ3) is 4.56. The van der Waals surface area contributed by atoms with Crippen molar-refractivity contribution < 1.29 is 23.9 Å². The lowest BCUT2D eigenvalue weighted by Crippen LogP contribution is -2.13. The van der Waals surface area contributed by atoms with Crippen LogP contribution in [0.5, 0.6) is 17.2 Å². The molecule has 1 amide bonds. The standard InChI is InChI=1S/C19H17N3O6/c1-26-16-9-12(10-17(27-2)18(16)28-3)8-13(11-20)19(23)21-14-4-6-15(7-5-14)22(24)25/h4-10H,1-3H3,(H,21,23)/b13-8-. The molecule has 2 aromatic rings. The number of hydrogen-bond donors (Lipinski definition) is 1. The van der Waals surface area contributed by atoms with Crippen LogP contribution in [0.25, 0.3) is 6.08 Å². The highest BCUT2D eigenvalue weighted by Gasteiger charge is 2.15. The first-order valence-corrected chi connectivity index (χ1v) is 7.91. The molecule has 0 saturated heterocycles. The van der Waals surface area contributed by atoms with Gasteiger partial charge >= 0.3 is 0 Å². The smallest absolute Gasteiger partial charge is 0.269 e. The van der Waals surface area contributed by atoms with E-state index >= 15 is 0 Å². The van der Waals surface area contributed by atoms with E-state index in [1.165, 1.54) is 51.7 Å². The van der Waals surface area contributed by atoms with Gasteiger partial charge in [0, 0.05) is 17.8 Å². The molecule has 0 heterocycles. The van der Waals surface area contributed by atoms with Crippen molar-refractivity contribution in [3.05, 3.63) is 57.6 Å². The number of nitro groups is 1. The Morgan fingerprint density at radius 3 is 2.11 bits per heavy atom. The van der Waals surface area contributed by atoms with Crippen LogP contribution in [-0.2, 0) is 4.79 Å². The monoisotopic (exact) mass is 383 g/mol. The van der Waals surface area contributed by atoms with E-state index < -0.39 is 10.8 Å². The number of ether oxygens (including phenoxy) is 3. The molecule has 0 radical (unpaired) electrons. The molecule has 0 bridgehead atoms. The summed E-state index contributed by atoms with van der Waals surface area (Å²) in [5.74, 6) is 0.475. The molecule has 144 valence electrons. The summed E-state index contributed by atoms with van der Waals surface area (Å²) in [5, 5.41) is 22.5. The average Bonchev–Trinajstić information content (AvgIpc) is 2.71. The minimum atomic E-state index is -0.662. The number of nitrogens with one attached hydrogen (secondary N) is 1. The molecule has 0 aliphatic rings. The summed E-state index contributed by atoms with van der Waals surface area (Å²) in [6, 6.07) is 10.3. The zero-order valence-corrected chi connectivity index (χ0v) is 15.4. The molecule has 1 N–H and O–H groups in total. The Kier molecular flexibility index (Phi) is 6.54. The van der Waals surface area contributed by atoms with E-state index in [-0.39, 0.29) is 11.3 Å². The van der Waals surface area contributed by atoms with Crippen LogP contribution in [-0.4, -0.2) is 32.2 Å². The minimum Gasteiger partial charge on any atom is -0.493 e. The van der Waals surface area contributed by atoms with E-state index in [0.717, 1.165) is 0 Å². The van der Waals surface area contributed by atoms with Crippen LogP contribution in [0.1, 0.15) is 5.56 Å². The van der Waals surface area contributed by atoms with Gasteiger partial charge in [-0.15, -0.1) is 0 Å². The van der Waals surface area contributed by atoms with E-state index in [2.05, 4.69) is 5.32 Å². The molecule has 2 rings (SSSR count). The first-order chi connectivity index (χ1) is 13.4. The summed E-state index contributed by atoms with van der Waals surface area (Å²) in [7, 11) is 4.38. The minimum absolute atomic E-state index is 0.105. The fraction of sp³-hybridized carbons (Fsp3) is 0.158. The van der Waals surface area contributed by atoms with Crippen molar-refractivity contribution in [1.82, 2.24) is 0 Å².